The number of hydrogen-bond acceptors (Lipinski definition) is 8. The van der Waals surface area contributed by atoms with Crippen molar-refractivity contribution < 1.29 is 24.2 Å². The summed E-state index contributed by atoms with van der Waals surface area (Å²) in [5, 5.41) is 13.1. The van der Waals surface area contributed by atoms with Crippen LogP contribution >= 0.6 is 11.8 Å². The van der Waals surface area contributed by atoms with E-state index in [9.17, 15) is 19.5 Å². The normalized spacial score (nSPS) is 21.2. The molecule has 1 fully saturated rings. The second kappa shape index (κ2) is 9.53. The Kier molecular flexibility index (Phi) is 6.69. The second-order valence-corrected chi connectivity index (χ2v) is 10.3. The summed E-state index contributed by atoms with van der Waals surface area (Å²) in [4.78, 5) is 53.2. The minimum atomic E-state index is -1.01. The number of aromatic nitrogens is 3. The minimum absolute atomic E-state index is 0.0858. The smallest absolute Gasteiger partial charge is 0.407 e. The van der Waals surface area contributed by atoms with E-state index < -0.39 is 29.6 Å². The van der Waals surface area contributed by atoms with Crippen LogP contribution in [0.1, 0.15) is 27.2 Å². The Morgan fingerprint density at radius 1 is 1.26 bits per heavy atom. The number of nitrogens with zero attached hydrogens (tertiary/aromatic N) is 4. The molecule has 182 valence electrons. The number of hydrogen-bond donors (Lipinski definition) is 3. The van der Waals surface area contributed by atoms with E-state index in [0.29, 0.717) is 23.0 Å². The van der Waals surface area contributed by atoms with Gasteiger partial charge in [0.2, 0.25) is 0 Å². The Labute approximate surface area is 200 Å². The molecule has 12 heteroatoms. The van der Waals surface area contributed by atoms with E-state index in [1.165, 1.54) is 18.1 Å². The third-order valence-corrected chi connectivity index (χ3v) is 6.58. The lowest BCUT2D eigenvalue weighted by Gasteiger charge is -2.38. The lowest BCUT2D eigenvalue weighted by molar-refractivity contribution is -0.146. The van der Waals surface area contributed by atoms with Crippen molar-refractivity contribution in [1.82, 2.24) is 25.2 Å². The molecule has 11 nitrogen and oxygen atoms in total. The molecule has 0 bridgehead atoms. The third-order valence-electron chi connectivity index (χ3n) is 5.60. The number of ether oxygens (including phenoxy) is 1. The summed E-state index contributed by atoms with van der Waals surface area (Å²) >= 11 is 1.45. The number of aliphatic carboxylic acids is 1. The molecule has 2 aromatic rings. The number of aromatic amines is 1. The molecule has 0 aliphatic carbocycles. The van der Waals surface area contributed by atoms with Crippen LogP contribution in [0.15, 0.2) is 29.7 Å². The maximum atomic E-state index is 13.4. The molecule has 2 aromatic heterocycles. The van der Waals surface area contributed by atoms with Crippen LogP contribution in [0.25, 0.3) is 11.0 Å². The van der Waals surface area contributed by atoms with Gasteiger partial charge < -0.3 is 29.9 Å². The number of piperidine rings is 1. The maximum absolute atomic E-state index is 13.4. The van der Waals surface area contributed by atoms with E-state index in [-0.39, 0.29) is 25.4 Å². The first kappa shape index (κ1) is 23.9. The zero-order chi connectivity index (χ0) is 24.5. The molecule has 0 spiro atoms. The Morgan fingerprint density at radius 2 is 2.06 bits per heavy atom. The van der Waals surface area contributed by atoms with E-state index in [1.54, 1.807) is 38.1 Å². The Hall–Kier alpha value is -3.28. The first-order valence-electron chi connectivity index (χ1n) is 11.0. The lowest BCUT2D eigenvalue weighted by atomic mass is 9.91. The molecule has 1 saturated heterocycles. The standard InChI is InChI=1S/C22H28N6O5S/c1-22(2,3)33-21(32)26-15-10-28(7-5-13(15)20(30)31)19(29)16-11-27(8-9-34-16)18-14-4-6-23-17(14)24-12-25-18/h4,6,11-13,15H,5,7-10H2,1-3H3,(H,26,32)(H,30,31)(H,23,24,25)/t13-,15-/m0/s1. The van der Waals surface area contributed by atoms with E-state index in [0.717, 1.165) is 11.0 Å². The Bertz CT molecular complexity index is 1130. The van der Waals surface area contributed by atoms with Crippen molar-refractivity contribution in [3.63, 3.8) is 0 Å². The fraction of sp³-hybridized carbons (Fsp3) is 0.500. The van der Waals surface area contributed by atoms with Gasteiger partial charge in [-0.2, -0.15) is 0 Å². The van der Waals surface area contributed by atoms with Gasteiger partial charge in [0.15, 0.2) is 0 Å². The van der Waals surface area contributed by atoms with E-state index in [1.807, 2.05) is 11.0 Å². The molecule has 4 heterocycles. The molecule has 2 aliphatic rings. The monoisotopic (exact) mass is 488 g/mol. The number of alkyl carbamates (subject to hydrolysis) is 1. The van der Waals surface area contributed by atoms with Crippen molar-refractivity contribution in [2.45, 2.75) is 38.8 Å². The highest BCUT2D eigenvalue weighted by Crippen LogP contribution is 2.31. The molecule has 4 rings (SSSR count). The van der Waals surface area contributed by atoms with Gasteiger partial charge in [0, 0.05) is 37.8 Å². The fourth-order valence-electron chi connectivity index (χ4n) is 4.06. The molecular weight excluding hydrogens is 460 g/mol. The number of anilines is 1. The van der Waals surface area contributed by atoms with Crippen LogP contribution < -0.4 is 10.2 Å². The summed E-state index contributed by atoms with van der Waals surface area (Å²) in [5.74, 6) is -0.604. The zero-order valence-corrected chi connectivity index (χ0v) is 20.1. The fourth-order valence-corrected chi connectivity index (χ4v) is 5.02. The van der Waals surface area contributed by atoms with Crippen LogP contribution in [0.2, 0.25) is 0 Å². The largest absolute Gasteiger partial charge is 0.481 e. The molecule has 2 atom stereocenters. The molecule has 2 amide bonds. The number of amides is 2. The molecule has 3 N–H and O–H groups in total. The number of H-pyrrole nitrogens is 1. The number of carboxylic acids is 1. The summed E-state index contributed by atoms with van der Waals surface area (Å²) in [6.07, 6.45) is 4.59. The number of likely N-dealkylation sites (tertiary alicyclic amines) is 1. The maximum Gasteiger partial charge on any atom is 0.407 e. The molecule has 0 radical (unpaired) electrons. The van der Waals surface area contributed by atoms with E-state index in [4.69, 9.17) is 4.74 Å². The van der Waals surface area contributed by atoms with Gasteiger partial charge in [-0.25, -0.2) is 14.8 Å². The van der Waals surface area contributed by atoms with Crippen molar-refractivity contribution in [3.05, 3.63) is 29.7 Å². The van der Waals surface area contributed by atoms with E-state index >= 15 is 0 Å². The first-order chi connectivity index (χ1) is 16.1. The first-order valence-corrected chi connectivity index (χ1v) is 12.0. The Balaban J connectivity index is 1.50. The summed E-state index contributed by atoms with van der Waals surface area (Å²) in [6, 6.07) is 1.14. The molecule has 0 saturated carbocycles. The predicted molar refractivity (Wildman–Crippen MR) is 127 cm³/mol. The molecule has 0 unspecified atom stereocenters. The van der Waals surface area contributed by atoms with Crippen LogP contribution in [0, 0.1) is 5.92 Å². The molecular formula is C22H28N6O5S. The lowest BCUT2D eigenvalue weighted by Crippen LogP contribution is -2.56. The molecule has 0 aromatic carbocycles. The highest BCUT2D eigenvalue weighted by Gasteiger charge is 2.38. The van der Waals surface area contributed by atoms with Crippen molar-refractivity contribution in [3.8, 4) is 0 Å². The topological polar surface area (TPSA) is 141 Å². The molecule has 34 heavy (non-hydrogen) atoms. The summed E-state index contributed by atoms with van der Waals surface area (Å²) in [5.41, 5.74) is 0.00240. The Morgan fingerprint density at radius 3 is 2.79 bits per heavy atom. The van der Waals surface area contributed by atoms with Gasteiger partial charge in [-0.1, -0.05) is 0 Å². The van der Waals surface area contributed by atoms with Crippen molar-refractivity contribution in [2.24, 2.45) is 5.92 Å². The van der Waals surface area contributed by atoms with Crippen LogP contribution in [0.4, 0.5) is 10.6 Å². The summed E-state index contributed by atoms with van der Waals surface area (Å²) in [7, 11) is 0. The number of fused-ring (bicyclic) bond motifs is 1. The third kappa shape index (κ3) is 5.27. The van der Waals surface area contributed by atoms with Crippen molar-refractivity contribution in [1.29, 1.82) is 0 Å². The summed E-state index contributed by atoms with van der Waals surface area (Å²) in [6.45, 7) is 6.25. The van der Waals surface area contributed by atoms with Gasteiger partial charge in [0.1, 0.15) is 23.4 Å². The number of rotatable bonds is 4. The second-order valence-electron chi connectivity index (χ2n) is 9.21. The number of thioether (sulfide) groups is 1. The van der Waals surface area contributed by atoms with Crippen molar-refractivity contribution >= 4 is 46.6 Å². The van der Waals surface area contributed by atoms with Crippen LogP contribution in [-0.2, 0) is 14.3 Å². The highest BCUT2D eigenvalue weighted by molar-refractivity contribution is 8.04. The van der Waals surface area contributed by atoms with Gasteiger partial charge in [0.25, 0.3) is 5.91 Å². The highest BCUT2D eigenvalue weighted by atomic mass is 32.2. The van der Waals surface area contributed by atoms with Crippen LogP contribution in [0.3, 0.4) is 0 Å². The van der Waals surface area contributed by atoms with Crippen LogP contribution in [-0.4, -0.2) is 80.0 Å². The zero-order valence-electron chi connectivity index (χ0n) is 19.3. The van der Waals surface area contributed by atoms with Gasteiger partial charge >= 0.3 is 12.1 Å². The average Bonchev–Trinajstić information content (AvgIpc) is 3.26. The SMILES string of the molecule is CC(C)(C)OC(=O)N[C@H]1CN(C(=O)C2=CN(c3ncnc4[nH]ccc34)CCS2)CC[C@@H]1C(=O)O. The number of carboxylic acid groups (broad SMARTS) is 1. The average molecular weight is 489 g/mol. The van der Waals surface area contributed by atoms with Gasteiger partial charge in [0.05, 0.1) is 22.3 Å². The summed E-state index contributed by atoms with van der Waals surface area (Å²) < 4.78 is 5.29. The predicted octanol–water partition coefficient (Wildman–Crippen LogP) is 2.18. The van der Waals surface area contributed by atoms with Crippen molar-refractivity contribution in [2.75, 3.05) is 30.3 Å². The van der Waals surface area contributed by atoms with Crippen LogP contribution in [0.5, 0.6) is 0 Å². The van der Waals surface area contributed by atoms with Gasteiger partial charge in [-0.3, -0.25) is 9.59 Å². The quantitative estimate of drug-likeness (QED) is 0.590. The van der Waals surface area contributed by atoms with E-state index in [2.05, 4.69) is 20.3 Å². The number of nitrogens with one attached hydrogen (secondary N) is 2. The number of carbonyl (C=O) groups excluding carboxylic acids is 2. The minimum Gasteiger partial charge on any atom is -0.481 e. The van der Waals surface area contributed by atoms with Gasteiger partial charge in [-0.15, -0.1) is 11.8 Å². The number of carbonyl (C=O) groups is 3. The van der Waals surface area contributed by atoms with Gasteiger partial charge in [-0.05, 0) is 33.3 Å². The molecule has 2 aliphatic heterocycles.